The van der Waals surface area contributed by atoms with Crippen molar-refractivity contribution in [3.05, 3.63) is 35.9 Å². The summed E-state index contributed by atoms with van der Waals surface area (Å²) in [5, 5.41) is 7.45. The molecule has 0 aliphatic carbocycles. The van der Waals surface area contributed by atoms with Gasteiger partial charge in [0.2, 0.25) is 5.91 Å². The smallest absolute Gasteiger partial charge is 0.225 e. The van der Waals surface area contributed by atoms with E-state index in [9.17, 15) is 4.79 Å². The van der Waals surface area contributed by atoms with Gasteiger partial charge in [0, 0.05) is 25.1 Å². The van der Waals surface area contributed by atoms with Gasteiger partial charge in [-0.1, -0.05) is 37.1 Å². The summed E-state index contributed by atoms with van der Waals surface area (Å²) in [7, 11) is 1.85. The van der Waals surface area contributed by atoms with Crippen LogP contribution < -0.4 is 11.1 Å². The Morgan fingerprint density at radius 1 is 1.21 bits per heavy atom. The first-order chi connectivity index (χ1) is 11.1. The van der Waals surface area contributed by atoms with Crippen molar-refractivity contribution >= 4 is 24.1 Å². The van der Waals surface area contributed by atoms with E-state index in [1.54, 1.807) is 4.68 Å². The third-order valence-corrected chi connectivity index (χ3v) is 3.93. The first kappa shape index (κ1) is 20.2. The Balaban J connectivity index is 0.00000288. The molecule has 132 valence electrons. The number of nitrogens with two attached hydrogens (primary N) is 1. The molecule has 5 nitrogen and oxygen atoms in total. The minimum Gasteiger partial charge on any atom is -0.330 e. The van der Waals surface area contributed by atoms with Gasteiger partial charge >= 0.3 is 0 Å². The van der Waals surface area contributed by atoms with E-state index in [1.807, 2.05) is 31.3 Å². The first-order valence-corrected chi connectivity index (χ1v) is 8.22. The van der Waals surface area contributed by atoms with E-state index in [4.69, 9.17) is 5.73 Å². The zero-order valence-corrected chi connectivity index (χ0v) is 15.2. The van der Waals surface area contributed by atoms with Crippen LogP contribution in [0.1, 0.15) is 37.7 Å². The highest BCUT2D eigenvalue weighted by atomic mass is 35.5. The number of halogens is 1. The lowest BCUT2D eigenvalue weighted by Crippen LogP contribution is -2.13. The van der Waals surface area contributed by atoms with E-state index in [0.29, 0.717) is 6.42 Å². The normalized spacial score (nSPS) is 10.3. The van der Waals surface area contributed by atoms with Crippen molar-refractivity contribution in [3.63, 3.8) is 0 Å². The number of nitrogens with one attached hydrogen (secondary N) is 1. The maximum atomic E-state index is 12.0. The van der Waals surface area contributed by atoms with Crippen molar-refractivity contribution in [1.82, 2.24) is 9.78 Å². The van der Waals surface area contributed by atoms with Crippen molar-refractivity contribution in [2.45, 2.75) is 39.0 Å². The summed E-state index contributed by atoms with van der Waals surface area (Å²) in [6.07, 6.45) is 4.60. The number of amides is 1. The van der Waals surface area contributed by atoms with Crippen molar-refractivity contribution in [2.75, 3.05) is 11.9 Å². The third kappa shape index (κ3) is 5.65. The second-order valence-electron chi connectivity index (χ2n) is 5.85. The van der Waals surface area contributed by atoms with Gasteiger partial charge in [0.1, 0.15) is 5.82 Å². The van der Waals surface area contributed by atoms with Gasteiger partial charge in [0.25, 0.3) is 0 Å². The maximum absolute atomic E-state index is 12.0. The molecular formula is C18H27ClN4O. The SMILES string of the molecule is Cc1ccccc1-c1cc(NC(=O)CCCCCCN)n(C)n1.Cl. The van der Waals surface area contributed by atoms with Crippen molar-refractivity contribution in [1.29, 1.82) is 0 Å². The number of aryl methyl sites for hydroxylation is 2. The number of carbonyl (C=O) groups is 1. The molecule has 2 rings (SSSR count). The summed E-state index contributed by atoms with van der Waals surface area (Å²) < 4.78 is 1.72. The fraction of sp³-hybridized carbons (Fsp3) is 0.444. The molecule has 0 aliphatic rings. The Hall–Kier alpha value is -1.85. The minimum absolute atomic E-state index is 0. The molecule has 0 unspecified atom stereocenters. The predicted molar refractivity (Wildman–Crippen MR) is 101 cm³/mol. The third-order valence-electron chi connectivity index (χ3n) is 3.93. The molecule has 2 aromatic rings. The lowest BCUT2D eigenvalue weighted by atomic mass is 10.1. The van der Waals surface area contributed by atoms with Crippen molar-refractivity contribution in [2.24, 2.45) is 12.8 Å². The number of nitrogens with zero attached hydrogens (tertiary/aromatic N) is 2. The molecule has 24 heavy (non-hydrogen) atoms. The van der Waals surface area contributed by atoms with E-state index >= 15 is 0 Å². The fourth-order valence-electron chi connectivity index (χ4n) is 2.56. The van der Waals surface area contributed by atoms with Gasteiger partial charge in [-0.15, -0.1) is 12.4 Å². The van der Waals surface area contributed by atoms with E-state index < -0.39 is 0 Å². The Morgan fingerprint density at radius 2 is 1.92 bits per heavy atom. The topological polar surface area (TPSA) is 72.9 Å². The van der Waals surface area contributed by atoms with E-state index in [-0.39, 0.29) is 18.3 Å². The molecule has 1 aromatic carbocycles. The van der Waals surface area contributed by atoms with Crippen LogP contribution in [-0.4, -0.2) is 22.2 Å². The van der Waals surface area contributed by atoms with Crippen LogP contribution in [0.2, 0.25) is 0 Å². The van der Waals surface area contributed by atoms with E-state index in [2.05, 4.69) is 23.4 Å². The number of unbranched alkanes of at least 4 members (excludes halogenated alkanes) is 3. The van der Waals surface area contributed by atoms with Gasteiger partial charge in [-0.2, -0.15) is 5.10 Å². The quantitative estimate of drug-likeness (QED) is 0.713. The Labute approximate surface area is 150 Å². The minimum atomic E-state index is 0. The summed E-state index contributed by atoms with van der Waals surface area (Å²) in [5.74, 6) is 0.771. The molecule has 0 aliphatic heterocycles. The summed E-state index contributed by atoms with van der Waals surface area (Å²) >= 11 is 0. The average Bonchev–Trinajstić information content (AvgIpc) is 2.88. The number of hydrogen-bond donors (Lipinski definition) is 2. The molecule has 0 radical (unpaired) electrons. The summed E-state index contributed by atoms with van der Waals surface area (Å²) in [5.41, 5.74) is 8.60. The number of aromatic nitrogens is 2. The van der Waals surface area contributed by atoms with Crippen LogP contribution in [0.4, 0.5) is 5.82 Å². The van der Waals surface area contributed by atoms with Crippen molar-refractivity contribution < 1.29 is 4.79 Å². The number of carbonyl (C=O) groups excluding carboxylic acids is 1. The summed E-state index contributed by atoms with van der Waals surface area (Å²) in [4.78, 5) is 12.0. The standard InChI is InChI=1S/C18H26N4O.ClH/c1-14-9-6-7-10-15(14)16-13-17(22(2)21-16)20-18(23)11-5-3-4-8-12-19;/h6-7,9-10,13H,3-5,8,11-12,19H2,1-2H3,(H,20,23);1H. The molecule has 1 amide bonds. The van der Waals surface area contributed by atoms with Gasteiger partial charge in [0.15, 0.2) is 0 Å². The summed E-state index contributed by atoms with van der Waals surface area (Å²) in [6, 6.07) is 10.0. The van der Waals surface area contributed by atoms with Crippen LogP contribution in [0.15, 0.2) is 30.3 Å². The monoisotopic (exact) mass is 350 g/mol. The lowest BCUT2D eigenvalue weighted by molar-refractivity contribution is -0.116. The maximum Gasteiger partial charge on any atom is 0.225 e. The summed E-state index contributed by atoms with van der Waals surface area (Å²) in [6.45, 7) is 2.78. The Kier molecular flexibility index (Phi) is 8.50. The van der Waals surface area contributed by atoms with Crippen LogP contribution in [0.3, 0.4) is 0 Å². The predicted octanol–water partition coefficient (Wildman–Crippen LogP) is 3.67. The number of benzene rings is 1. The zero-order chi connectivity index (χ0) is 16.7. The molecule has 0 fully saturated rings. The second-order valence-corrected chi connectivity index (χ2v) is 5.85. The molecule has 1 aromatic heterocycles. The first-order valence-electron chi connectivity index (χ1n) is 8.22. The molecular weight excluding hydrogens is 324 g/mol. The molecule has 0 spiro atoms. The molecule has 0 saturated carbocycles. The molecule has 1 heterocycles. The highest BCUT2D eigenvalue weighted by Crippen LogP contribution is 2.24. The van der Waals surface area contributed by atoms with Crippen LogP contribution in [-0.2, 0) is 11.8 Å². The Bertz CT molecular complexity index is 654. The molecule has 0 saturated heterocycles. The number of anilines is 1. The molecule has 0 bridgehead atoms. The zero-order valence-electron chi connectivity index (χ0n) is 14.4. The average molecular weight is 351 g/mol. The van der Waals surface area contributed by atoms with Gasteiger partial charge < -0.3 is 11.1 Å². The van der Waals surface area contributed by atoms with E-state index in [1.165, 1.54) is 5.56 Å². The molecule has 0 atom stereocenters. The van der Waals surface area contributed by atoms with Crippen LogP contribution in [0.25, 0.3) is 11.3 Å². The second kappa shape index (κ2) is 10.1. The fourth-order valence-corrected chi connectivity index (χ4v) is 2.56. The number of rotatable bonds is 8. The highest BCUT2D eigenvalue weighted by Gasteiger charge is 2.11. The largest absolute Gasteiger partial charge is 0.330 e. The Morgan fingerprint density at radius 3 is 2.62 bits per heavy atom. The van der Waals surface area contributed by atoms with Crippen LogP contribution in [0, 0.1) is 6.92 Å². The lowest BCUT2D eigenvalue weighted by Gasteiger charge is -2.04. The number of hydrogen-bond acceptors (Lipinski definition) is 3. The van der Waals surface area contributed by atoms with Gasteiger partial charge in [-0.25, -0.2) is 0 Å². The van der Waals surface area contributed by atoms with Gasteiger partial charge in [-0.3, -0.25) is 9.48 Å². The van der Waals surface area contributed by atoms with Crippen LogP contribution in [0.5, 0.6) is 0 Å². The molecule has 6 heteroatoms. The van der Waals surface area contributed by atoms with Crippen LogP contribution >= 0.6 is 12.4 Å². The molecule has 3 N–H and O–H groups in total. The van der Waals surface area contributed by atoms with Gasteiger partial charge in [-0.05, 0) is 31.9 Å². The van der Waals surface area contributed by atoms with E-state index in [0.717, 1.165) is 49.3 Å². The van der Waals surface area contributed by atoms with Gasteiger partial charge in [0.05, 0.1) is 5.69 Å². The van der Waals surface area contributed by atoms with Crippen molar-refractivity contribution in [3.8, 4) is 11.3 Å². The highest BCUT2D eigenvalue weighted by molar-refractivity contribution is 5.90.